The van der Waals surface area contributed by atoms with Gasteiger partial charge in [-0.05, 0) is 30.3 Å². The molecule has 5 nitrogen and oxygen atoms in total. The lowest BCUT2D eigenvalue weighted by Crippen LogP contribution is -1.92. The van der Waals surface area contributed by atoms with Crippen molar-refractivity contribution < 1.29 is 4.42 Å². The van der Waals surface area contributed by atoms with Crippen molar-refractivity contribution in [3.05, 3.63) is 60.7 Å². The normalized spacial score (nSPS) is 11.1. The van der Waals surface area contributed by atoms with Crippen LogP contribution in [0.1, 0.15) is 5.89 Å². The second-order valence-corrected chi connectivity index (χ2v) is 4.78. The van der Waals surface area contributed by atoms with E-state index in [9.17, 15) is 0 Å². The SMILES string of the molecule is Cc1nnc(-c2cccc(-n3cnc4ccccc43)c2)o1. The molecule has 2 heterocycles. The van der Waals surface area contributed by atoms with Gasteiger partial charge in [-0.3, -0.25) is 4.57 Å². The van der Waals surface area contributed by atoms with Gasteiger partial charge in [-0.25, -0.2) is 4.98 Å². The highest BCUT2D eigenvalue weighted by atomic mass is 16.4. The van der Waals surface area contributed by atoms with Gasteiger partial charge in [-0.15, -0.1) is 10.2 Å². The summed E-state index contributed by atoms with van der Waals surface area (Å²) >= 11 is 0. The molecule has 0 amide bonds. The Kier molecular flexibility index (Phi) is 2.57. The standard InChI is InChI=1S/C16H12N4O/c1-11-18-19-16(21-11)12-5-4-6-13(9-12)20-10-17-14-7-2-3-8-15(14)20/h2-10H,1H3. The number of rotatable bonds is 2. The van der Waals surface area contributed by atoms with E-state index in [1.165, 1.54) is 0 Å². The first kappa shape index (κ1) is 11.8. The summed E-state index contributed by atoms with van der Waals surface area (Å²) in [6.07, 6.45) is 1.82. The van der Waals surface area contributed by atoms with Crippen molar-refractivity contribution in [2.45, 2.75) is 6.92 Å². The van der Waals surface area contributed by atoms with E-state index in [0.29, 0.717) is 11.8 Å². The van der Waals surface area contributed by atoms with Gasteiger partial charge in [-0.2, -0.15) is 0 Å². The Morgan fingerprint density at radius 1 is 1.00 bits per heavy atom. The highest BCUT2D eigenvalue weighted by Gasteiger charge is 2.09. The summed E-state index contributed by atoms with van der Waals surface area (Å²) in [4.78, 5) is 4.41. The maximum atomic E-state index is 5.48. The molecule has 0 atom stereocenters. The first-order chi connectivity index (χ1) is 10.3. The number of fused-ring (bicyclic) bond motifs is 1. The molecule has 0 saturated carbocycles. The predicted molar refractivity (Wildman–Crippen MR) is 79.1 cm³/mol. The monoisotopic (exact) mass is 276 g/mol. The van der Waals surface area contributed by atoms with Crippen LogP contribution in [0.5, 0.6) is 0 Å². The van der Waals surface area contributed by atoms with Crippen LogP contribution in [0.2, 0.25) is 0 Å². The molecular formula is C16H12N4O. The molecular weight excluding hydrogens is 264 g/mol. The van der Waals surface area contributed by atoms with Crippen LogP contribution < -0.4 is 0 Å². The number of hydrogen-bond acceptors (Lipinski definition) is 4. The highest BCUT2D eigenvalue weighted by Crippen LogP contribution is 2.23. The molecule has 5 heteroatoms. The molecule has 2 aromatic carbocycles. The molecule has 0 N–H and O–H groups in total. The van der Waals surface area contributed by atoms with Gasteiger partial charge in [0.05, 0.1) is 11.0 Å². The molecule has 4 rings (SSSR count). The first-order valence-corrected chi connectivity index (χ1v) is 6.64. The molecule has 0 aliphatic carbocycles. The summed E-state index contributed by atoms with van der Waals surface area (Å²) in [5.41, 5.74) is 3.94. The number of benzene rings is 2. The molecule has 0 bridgehead atoms. The minimum absolute atomic E-state index is 0.527. The van der Waals surface area contributed by atoms with E-state index in [1.54, 1.807) is 6.92 Å². The van der Waals surface area contributed by atoms with Crippen LogP contribution in [0, 0.1) is 6.92 Å². The molecule has 21 heavy (non-hydrogen) atoms. The quantitative estimate of drug-likeness (QED) is 0.563. The molecule has 102 valence electrons. The molecule has 0 spiro atoms. The minimum Gasteiger partial charge on any atom is -0.421 e. The Morgan fingerprint density at radius 2 is 1.90 bits per heavy atom. The van der Waals surface area contributed by atoms with Crippen LogP contribution >= 0.6 is 0 Å². The lowest BCUT2D eigenvalue weighted by Gasteiger charge is -2.05. The Morgan fingerprint density at radius 3 is 2.76 bits per heavy atom. The van der Waals surface area contributed by atoms with E-state index in [2.05, 4.69) is 15.2 Å². The lowest BCUT2D eigenvalue weighted by atomic mass is 10.2. The summed E-state index contributed by atoms with van der Waals surface area (Å²) in [7, 11) is 0. The van der Waals surface area contributed by atoms with Gasteiger partial charge in [-0.1, -0.05) is 18.2 Å². The average molecular weight is 276 g/mol. The molecule has 2 aromatic heterocycles. The van der Waals surface area contributed by atoms with Crippen molar-refractivity contribution in [1.29, 1.82) is 0 Å². The van der Waals surface area contributed by atoms with Crippen molar-refractivity contribution in [2.24, 2.45) is 0 Å². The fraction of sp³-hybridized carbons (Fsp3) is 0.0625. The average Bonchev–Trinajstić information content (AvgIpc) is 3.13. The fourth-order valence-corrected chi connectivity index (χ4v) is 2.37. The number of para-hydroxylation sites is 2. The maximum Gasteiger partial charge on any atom is 0.247 e. The molecule has 0 fully saturated rings. The van der Waals surface area contributed by atoms with Crippen LogP contribution in [0.3, 0.4) is 0 Å². The fourth-order valence-electron chi connectivity index (χ4n) is 2.37. The van der Waals surface area contributed by atoms with E-state index in [0.717, 1.165) is 22.3 Å². The van der Waals surface area contributed by atoms with E-state index in [1.807, 2.05) is 59.4 Å². The van der Waals surface area contributed by atoms with Gasteiger partial charge in [0, 0.05) is 18.2 Å². The topological polar surface area (TPSA) is 56.7 Å². The van der Waals surface area contributed by atoms with Gasteiger partial charge in [0.25, 0.3) is 0 Å². The third-order valence-electron chi connectivity index (χ3n) is 3.35. The largest absolute Gasteiger partial charge is 0.421 e. The van der Waals surface area contributed by atoms with Crippen molar-refractivity contribution in [3.63, 3.8) is 0 Å². The zero-order valence-electron chi connectivity index (χ0n) is 11.4. The van der Waals surface area contributed by atoms with E-state index < -0.39 is 0 Å². The predicted octanol–water partition coefficient (Wildman–Crippen LogP) is 3.38. The zero-order valence-corrected chi connectivity index (χ0v) is 11.4. The second-order valence-electron chi connectivity index (χ2n) is 4.78. The molecule has 0 saturated heterocycles. The van der Waals surface area contributed by atoms with Crippen LogP contribution in [0.15, 0.2) is 59.3 Å². The number of aryl methyl sites for hydroxylation is 1. The number of aromatic nitrogens is 4. The summed E-state index contributed by atoms with van der Waals surface area (Å²) in [6, 6.07) is 16.0. The lowest BCUT2D eigenvalue weighted by molar-refractivity contribution is 0.533. The number of hydrogen-bond donors (Lipinski definition) is 0. The Labute approximate surface area is 120 Å². The second kappa shape index (κ2) is 4.56. The van der Waals surface area contributed by atoms with Crippen LogP contribution in [0.25, 0.3) is 28.2 Å². The third-order valence-corrected chi connectivity index (χ3v) is 3.35. The van der Waals surface area contributed by atoms with Crippen LogP contribution in [-0.4, -0.2) is 19.7 Å². The van der Waals surface area contributed by atoms with Gasteiger partial charge in [0.1, 0.15) is 6.33 Å². The Balaban J connectivity index is 1.86. The molecule has 0 unspecified atom stereocenters. The van der Waals surface area contributed by atoms with Crippen molar-refractivity contribution in [3.8, 4) is 17.1 Å². The Bertz CT molecular complexity index is 923. The Hall–Kier alpha value is -2.95. The van der Waals surface area contributed by atoms with Gasteiger partial charge >= 0.3 is 0 Å². The van der Waals surface area contributed by atoms with Gasteiger partial charge in [0.2, 0.25) is 11.8 Å². The summed E-state index contributed by atoms with van der Waals surface area (Å²) in [6.45, 7) is 1.78. The number of imidazole rings is 1. The van der Waals surface area contributed by atoms with Crippen molar-refractivity contribution >= 4 is 11.0 Å². The van der Waals surface area contributed by atoms with E-state index >= 15 is 0 Å². The summed E-state index contributed by atoms with van der Waals surface area (Å²) < 4.78 is 7.53. The number of nitrogens with zero attached hydrogens (tertiary/aromatic N) is 4. The third kappa shape index (κ3) is 1.99. The van der Waals surface area contributed by atoms with Crippen molar-refractivity contribution in [1.82, 2.24) is 19.7 Å². The molecule has 0 radical (unpaired) electrons. The van der Waals surface area contributed by atoms with Crippen molar-refractivity contribution in [2.75, 3.05) is 0 Å². The minimum atomic E-state index is 0.527. The molecule has 0 aliphatic heterocycles. The molecule has 4 aromatic rings. The van der Waals surface area contributed by atoms with Gasteiger partial charge < -0.3 is 4.42 Å². The summed E-state index contributed by atoms with van der Waals surface area (Å²) in [5, 5.41) is 7.93. The smallest absolute Gasteiger partial charge is 0.247 e. The first-order valence-electron chi connectivity index (χ1n) is 6.64. The highest BCUT2D eigenvalue weighted by molar-refractivity contribution is 5.77. The van der Waals surface area contributed by atoms with E-state index in [-0.39, 0.29) is 0 Å². The maximum absolute atomic E-state index is 5.48. The van der Waals surface area contributed by atoms with Crippen LogP contribution in [0.4, 0.5) is 0 Å². The summed E-state index contributed by atoms with van der Waals surface area (Å²) in [5.74, 6) is 1.09. The van der Waals surface area contributed by atoms with Crippen LogP contribution in [-0.2, 0) is 0 Å². The van der Waals surface area contributed by atoms with Gasteiger partial charge in [0.15, 0.2) is 0 Å². The molecule has 0 aliphatic rings. The van der Waals surface area contributed by atoms with E-state index in [4.69, 9.17) is 4.42 Å². The zero-order chi connectivity index (χ0) is 14.2.